The summed E-state index contributed by atoms with van der Waals surface area (Å²) in [4.78, 5) is 56.7. The van der Waals surface area contributed by atoms with E-state index in [9.17, 15) is 19.2 Å². The fourth-order valence-corrected chi connectivity index (χ4v) is 5.57. The van der Waals surface area contributed by atoms with E-state index in [1.165, 1.54) is 22.4 Å². The quantitative estimate of drug-likeness (QED) is 0.339. The molecule has 2 N–H and O–H groups in total. The van der Waals surface area contributed by atoms with Gasteiger partial charge in [-0.1, -0.05) is 68.4 Å². The molecule has 46 heavy (non-hydrogen) atoms. The molecule has 2 aromatic carbocycles. The molecule has 1 aliphatic carbocycles. The first-order valence-corrected chi connectivity index (χ1v) is 16.2. The molecule has 0 saturated heterocycles. The molecule has 10 nitrogen and oxygen atoms in total. The zero-order valence-electron chi connectivity index (χ0n) is 28.8. The second kappa shape index (κ2) is 16.1. The van der Waals surface area contributed by atoms with E-state index in [1.54, 1.807) is 41.7 Å². The first kappa shape index (κ1) is 36.5. The highest BCUT2D eigenvalue weighted by Gasteiger charge is 2.39. The fourth-order valence-electron chi connectivity index (χ4n) is 5.57. The lowest BCUT2D eigenvalue weighted by Gasteiger charge is -2.37. The normalized spacial score (nSPS) is 17.1. The van der Waals surface area contributed by atoms with Crippen LogP contribution in [0.5, 0.6) is 0 Å². The van der Waals surface area contributed by atoms with Gasteiger partial charge >= 0.3 is 6.09 Å². The summed E-state index contributed by atoms with van der Waals surface area (Å²) in [5.41, 5.74) is 2.51. The van der Waals surface area contributed by atoms with Crippen molar-refractivity contribution >= 4 is 23.8 Å². The smallest absolute Gasteiger partial charge is 0.410 e. The van der Waals surface area contributed by atoms with E-state index in [1.807, 2.05) is 62.4 Å². The van der Waals surface area contributed by atoms with Crippen molar-refractivity contribution in [1.29, 1.82) is 0 Å². The molecule has 0 aromatic heterocycles. The Bertz CT molecular complexity index is 1340. The van der Waals surface area contributed by atoms with Gasteiger partial charge in [0.25, 0.3) is 0 Å². The Morgan fingerprint density at radius 1 is 0.891 bits per heavy atom. The van der Waals surface area contributed by atoms with Crippen molar-refractivity contribution in [2.24, 2.45) is 5.92 Å². The summed E-state index contributed by atoms with van der Waals surface area (Å²) in [6, 6.07) is 14.7. The van der Waals surface area contributed by atoms with Crippen LogP contribution in [-0.2, 0) is 36.9 Å². The molecule has 0 saturated carbocycles. The first-order valence-electron chi connectivity index (χ1n) is 16.2. The molecule has 10 heteroatoms. The Kier molecular flexibility index (Phi) is 12.8. The standard InChI is InChI=1S/C36H52N4O6/c1-23(2)30(38-32(41)24(3)39(8)35(44)46-36(5,6)7)34(43)40(9)31(25(4)45-22-26-16-11-10-12-17-26)33(42)37-29-21-15-19-27-18-13-14-20-28(27)29/h10-14,16-18,20,23-25,29-31H,15,19,21-22H2,1-9H3,(H,37,42)(H,38,41). The van der Waals surface area contributed by atoms with Crippen molar-refractivity contribution in [3.8, 4) is 0 Å². The number of nitrogens with zero attached hydrogens (tertiary/aromatic N) is 2. The van der Waals surface area contributed by atoms with Crippen molar-refractivity contribution in [3.05, 3.63) is 71.3 Å². The molecule has 252 valence electrons. The molecular formula is C36H52N4O6. The van der Waals surface area contributed by atoms with Crippen molar-refractivity contribution < 1.29 is 28.7 Å². The highest BCUT2D eigenvalue weighted by Crippen LogP contribution is 2.30. The molecule has 2 aromatic rings. The summed E-state index contributed by atoms with van der Waals surface area (Å²) < 4.78 is 11.6. The molecule has 5 atom stereocenters. The van der Waals surface area contributed by atoms with Gasteiger partial charge in [0, 0.05) is 14.1 Å². The summed E-state index contributed by atoms with van der Waals surface area (Å²) in [5.74, 6) is -1.59. The summed E-state index contributed by atoms with van der Waals surface area (Å²) in [7, 11) is 3.05. The Labute approximate surface area is 274 Å². The van der Waals surface area contributed by atoms with E-state index >= 15 is 0 Å². The van der Waals surface area contributed by atoms with Gasteiger partial charge in [-0.25, -0.2) is 4.79 Å². The Morgan fingerprint density at radius 2 is 1.52 bits per heavy atom. The van der Waals surface area contributed by atoms with Gasteiger partial charge in [-0.05, 0) is 76.5 Å². The van der Waals surface area contributed by atoms with Gasteiger partial charge in [0.05, 0.1) is 18.8 Å². The van der Waals surface area contributed by atoms with Crippen LogP contribution in [0.4, 0.5) is 4.79 Å². The fraction of sp³-hybridized carbons (Fsp3) is 0.556. The van der Waals surface area contributed by atoms with Gasteiger partial charge in [-0.15, -0.1) is 0 Å². The molecule has 0 radical (unpaired) electrons. The predicted molar refractivity (Wildman–Crippen MR) is 178 cm³/mol. The van der Waals surface area contributed by atoms with Gasteiger partial charge in [-0.2, -0.15) is 0 Å². The third-order valence-electron chi connectivity index (χ3n) is 8.39. The minimum atomic E-state index is -0.981. The molecule has 0 spiro atoms. The zero-order valence-corrected chi connectivity index (χ0v) is 28.8. The van der Waals surface area contributed by atoms with E-state index in [2.05, 4.69) is 16.7 Å². The molecule has 0 aliphatic heterocycles. The lowest BCUT2D eigenvalue weighted by atomic mass is 9.87. The third kappa shape index (κ3) is 9.79. The molecule has 4 amide bonds. The second-order valence-electron chi connectivity index (χ2n) is 13.5. The lowest BCUT2D eigenvalue weighted by molar-refractivity contribution is -0.148. The van der Waals surface area contributed by atoms with Crippen LogP contribution in [0.3, 0.4) is 0 Å². The Morgan fingerprint density at radius 3 is 2.15 bits per heavy atom. The maximum absolute atomic E-state index is 14.1. The van der Waals surface area contributed by atoms with Crippen molar-refractivity contribution in [1.82, 2.24) is 20.4 Å². The molecule has 5 unspecified atom stereocenters. The minimum absolute atomic E-state index is 0.186. The number of nitrogens with one attached hydrogen (secondary N) is 2. The molecule has 3 rings (SSSR count). The van der Waals surface area contributed by atoms with Crippen molar-refractivity contribution in [2.45, 2.75) is 110 Å². The van der Waals surface area contributed by atoms with Gasteiger partial charge in [0.15, 0.2) is 0 Å². The Balaban J connectivity index is 1.82. The van der Waals surface area contributed by atoms with Crippen LogP contribution >= 0.6 is 0 Å². The predicted octanol–water partition coefficient (Wildman–Crippen LogP) is 5.01. The summed E-state index contributed by atoms with van der Waals surface area (Å²) in [6.07, 6.45) is 1.37. The van der Waals surface area contributed by atoms with Crippen molar-refractivity contribution in [3.63, 3.8) is 0 Å². The van der Waals surface area contributed by atoms with Crippen LogP contribution in [0.1, 0.15) is 84.0 Å². The van der Waals surface area contributed by atoms with E-state index in [4.69, 9.17) is 9.47 Å². The largest absolute Gasteiger partial charge is 0.444 e. The molecular weight excluding hydrogens is 584 g/mol. The molecule has 1 aliphatic rings. The number of carbonyl (C=O) groups excluding carboxylic acids is 4. The van der Waals surface area contributed by atoms with Gasteiger partial charge in [0.2, 0.25) is 17.7 Å². The van der Waals surface area contributed by atoms with Crippen LogP contribution in [0, 0.1) is 5.92 Å². The molecule has 0 heterocycles. The number of rotatable bonds is 12. The second-order valence-corrected chi connectivity index (χ2v) is 13.5. The van der Waals surface area contributed by atoms with E-state index in [0.717, 1.165) is 30.4 Å². The average molecular weight is 637 g/mol. The van der Waals surface area contributed by atoms with Crippen LogP contribution in [0.2, 0.25) is 0 Å². The van der Waals surface area contributed by atoms with Gasteiger partial charge in [0.1, 0.15) is 23.7 Å². The summed E-state index contributed by atoms with van der Waals surface area (Å²) in [6.45, 7) is 12.5. The monoisotopic (exact) mass is 636 g/mol. The molecule has 0 bridgehead atoms. The van der Waals surface area contributed by atoms with Crippen molar-refractivity contribution in [2.75, 3.05) is 14.1 Å². The summed E-state index contributed by atoms with van der Waals surface area (Å²) >= 11 is 0. The average Bonchev–Trinajstić information content (AvgIpc) is 3.01. The lowest BCUT2D eigenvalue weighted by Crippen LogP contribution is -2.60. The number of benzene rings is 2. The maximum atomic E-state index is 14.1. The number of hydrogen-bond donors (Lipinski definition) is 2. The SMILES string of the molecule is CC(C)C(NC(=O)C(C)N(C)C(=O)OC(C)(C)C)C(=O)N(C)C(C(=O)NC1CCCc2ccccc21)C(C)OCc1ccccc1. The maximum Gasteiger partial charge on any atom is 0.410 e. The zero-order chi connectivity index (χ0) is 34.2. The van der Waals surface area contributed by atoms with Crippen LogP contribution in [0.25, 0.3) is 0 Å². The van der Waals surface area contributed by atoms with E-state index < -0.39 is 47.7 Å². The number of likely N-dealkylation sites (N-methyl/N-ethyl adjacent to an activating group) is 2. The highest BCUT2D eigenvalue weighted by molar-refractivity contribution is 5.94. The van der Waals surface area contributed by atoms with Crippen LogP contribution < -0.4 is 10.6 Å². The topological polar surface area (TPSA) is 117 Å². The van der Waals surface area contributed by atoms with Crippen LogP contribution in [0.15, 0.2) is 54.6 Å². The number of aryl methyl sites for hydroxylation is 1. The minimum Gasteiger partial charge on any atom is -0.444 e. The Hall–Kier alpha value is -3.92. The number of carbonyl (C=O) groups is 4. The number of fused-ring (bicyclic) bond motifs is 1. The van der Waals surface area contributed by atoms with E-state index in [0.29, 0.717) is 0 Å². The number of ether oxygens (including phenoxy) is 2. The first-order chi connectivity index (χ1) is 21.6. The number of amides is 4. The van der Waals surface area contributed by atoms with Crippen LogP contribution in [-0.4, -0.2) is 77.5 Å². The van der Waals surface area contributed by atoms with E-state index in [-0.39, 0.29) is 24.5 Å². The number of hydrogen-bond acceptors (Lipinski definition) is 6. The third-order valence-corrected chi connectivity index (χ3v) is 8.39. The van der Waals surface area contributed by atoms with Gasteiger partial charge in [-0.3, -0.25) is 19.3 Å². The molecule has 0 fully saturated rings. The van der Waals surface area contributed by atoms with Gasteiger partial charge < -0.3 is 25.0 Å². The highest BCUT2D eigenvalue weighted by atomic mass is 16.6. The summed E-state index contributed by atoms with van der Waals surface area (Å²) in [5, 5.41) is 6.03.